The first-order valence-corrected chi connectivity index (χ1v) is 19.6. The Bertz CT molecular complexity index is 2590. The van der Waals surface area contributed by atoms with E-state index in [0.29, 0.717) is 11.1 Å². The van der Waals surface area contributed by atoms with Gasteiger partial charge in [-0.1, -0.05) is 74.3 Å². The molecule has 0 aliphatic carbocycles. The lowest BCUT2D eigenvalue weighted by Gasteiger charge is -2.15. The first-order valence-electron chi connectivity index (χ1n) is 19.6. The van der Waals surface area contributed by atoms with Crippen molar-refractivity contribution in [1.82, 2.24) is 21.3 Å². The highest BCUT2D eigenvalue weighted by atomic mass is 16.6. The van der Waals surface area contributed by atoms with Crippen molar-refractivity contribution in [1.29, 1.82) is 0 Å². The fourth-order valence-corrected chi connectivity index (χ4v) is 5.21. The fourth-order valence-electron chi connectivity index (χ4n) is 5.21. The molecule has 18 heteroatoms. The monoisotopic (exact) mass is 898 g/mol. The van der Waals surface area contributed by atoms with Gasteiger partial charge in [-0.3, -0.25) is 0 Å². The molecule has 4 N–H and O–H groups in total. The highest BCUT2D eigenvalue weighted by molar-refractivity contribution is 5.90. The average molecular weight is 899 g/mol. The number of rotatable bonds is 18. The molecule has 0 aliphatic heterocycles. The van der Waals surface area contributed by atoms with Gasteiger partial charge >= 0.3 is 42.3 Å². The molecule has 5 rings (SSSR count). The number of ether oxygens (including phenoxy) is 7. The highest BCUT2D eigenvalue weighted by Crippen LogP contribution is 2.38. The summed E-state index contributed by atoms with van der Waals surface area (Å²) in [5.74, 6) is -1.90. The van der Waals surface area contributed by atoms with Crippen molar-refractivity contribution in [3.05, 3.63) is 175 Å². The molecule has 0 aliphatic rings. The Balaban J connectivity index is 1.09. The lowest BCUT2D eigenvalue weighted by atomic mass is 10.1. The molecule has 0 radical (unpaired) electrons. The maximum Gasteiger partial charge on any atom is 0.413 e. The molecule has 0 bridgehead atoms. The van der Waals surface area contributed by atoms with E-state index >= 15 is 0 Å². The third-order valence-corrected chi connectivity index (χ3v) is 8.52. The number of carbonyl (C=O) groups is 7. The summed E-state index contributed by atoms with van der Waals surface area (Å²) in [6.45, 7) is 11.9. The molecule has 18 nitrogen and oxygen atoms in total. The van der Waals surface area contributed by atoms with Gasteiger partial charge in [0, 0.05) is 43.9 Å². The van der Waals surface area contributed by atoms with E-state index in [1.807, 2.05) is 0 Å². The molecule has 0 fully saturated rings. The minimum Gasteiger partial charge on any atom is -0.423 e. The third-order valence-electron chi connectivity index (χ3n) is 8.52. The summed E-state index contributed by atoms with van der Waals surface area (Å²) in [4.78, 5) is 85.7. The van der Waals surface area contributed by atoms with Gasteiger partial charge in [-0.15, -0.1) is 0 Å². The number of nitrogens with one attached hydrogen (secondary N) is 4. The van der Waals surface area contributed by atoms with E-state index in [1.165, 1.54) is 73.7 Å². The first-order chi connectivity index (χ1) is 31.8. The summed E-state index contributed by atoms with van der Waals surface area (Å²) in [6, 6.07) is 29.6. The maximum atomic E-state index is 13.0. The van der Waals surface area contributed by atoms with Crippen LogP contribution in [0.25, 0.3) is 0 Å². The minimum absolute atomic E-state index is 0.00237. The van der Waals surface area contributed by atoms with Crippen molar-refractivity contribution in [2.75, 3.05) is 0 Å². The lowest BCUT2D eigenvalue weighted by Crippen LogP contribution is -2.29. The summed E-state index contributed by atoms with van der Waals surface area (Å²) in [5, 5.41) is 10.4. The quantitative estimate of drug-likeness (QED) is 0.0379. The van der Waals surface area contributed by atoms with Crippen molar-refractivity contribution in [3.63, 3.8) is 0 Å². The molecular formula is C48H42N4O14. The molecule has 0 unspecified atom stereocenters. The van der Waals surface area contributed by atoms with Crippen molar-refractivity contribution in [3.8, 4) is 40.2 Å². The molecular weight excluding hydrogens is 857 g/mol. The topological polar surface area (TPSA) is 232 Å². The molecule has 0 atom stereocenters. The summed E-state index contributed by atoms with van der Waals surface area (Å²) >= 11 is 0. The number of hydrogen-bond acceptors (Lipinski definition) is 14. The van der Waals surface area contributed by atoms with Crippen molar-refractivity contribution in [2.24, 2.45) is 0 Å². The van der Waals surface area contributed by atoms with E-state index in [1.54, 1.807) is 48.5 Å². The Morgan fingerprint density at radius 2 is 0.727 bits per heavy atom. The second-order valence-corrected chi connectivity index (χ2v) is 13.6. The SMILES string of the molecule is C=CC(=O)Oc1ccc(OC(=O)NCc2ccc(CNC(=O)Oc3cccc(OC(=O)C(=C)C)c3OC(=O)NCc3ccc(CNC(=O)Oc4ccc(OC(=O)C=C)cc4)cc3)cc2)cc1. The van der Waals surface area contributed by atoms with Gasteiger partial charge in [-0.2, -0.15) is 0 Å². The number of carbonyl (C=O) groups excluding carboxylic acids is 7. The van der Waals surface area contributed by atoms with Crippen LogP contribution in [0.5, 0.6) is 40.2 Å². The largest absolute Gasteiger partial charge is 0.423 e. The fraction of sp³-hybridized carbons (Fsp3) is 0.104. The van der Waals surface area contributed by atoms with E-state index in [2.05, 4.69) is 41.0 Å². The summed E-state index contributed by atoms with van der Waals surface area (Å²) < 4.78 is 36.8. The van der Waals surface area contributed by atoms with Crippen LogP contribution in [0.15, 0.2) is 153 Å². The predicted octanol–water partition coefficient (Wildman–Crippen LogP) is 7.51. The van der Waals surface area contributed by atoms with Gasteiger partial charge in [0.1, 0.15) is 23.0 Å². The van der Waals surface area contributed by atoms with Gasteiger partial charge in [0.15, 0.2) is 11.5 Å². The number of esters is 3. The number of hydrogen-bond donors (Lipinski definition) is 4. The van der Waals surface area contributed by atoms with Gasteiger partial charge in [-0.05, 0) is 89.8 Å². The highest BCUT2D eigenvalue weighted by Gasteiger charge is 2.21. The van der Waals surface area contributed by atoms with Gasteiger partial charge in [-0.25, -0.2) is 33.6 Å². The molecule has 338 valence electrons. The van der Waals surface area contributed by atoms with Crippen LogP contribution in [-0.4, -0.2) is 42.3 Å². The van der Waals surface area contributed by atoms with Gasteiger partial charge < -0.3 is 54.4 Å². The normalized spacial score (nSPS) is 10.1. The van der Waals surface area contributed by atoms with E-state index < -0.39 is 42.3 Å². The molecule has 0 saturated heterocycles. The summed E-state index contributed by atoms with van der Waals surface area (Å²) in [5.41, 5.74) is 2.85. The van der Waals surface area contributed by atoms with Crippen molar-refractivity contribution in [2.45, 2.75) is 33.1 Å². The molecule has 4 amide bonds. The maximum absolute atomic E-state index is 13.0. The van der Waals surface area contributed by atoms with E-state index in [4.69, 9.17) is 33.2 Å². The predicted molar refractivity (Wildman–Crippen MR) is 236 cm³/mol. The van der Waals surface area contributed by atoms with Gasteiger partial charge in [0.25, 0.3) is 0 Å². The van der Waals surface area contributed by atoms with Gasteiger partial charge in [0.2, 0.25) is 5.75 Å². The molecule has 0 heterocycles. The van der Waals surface area contributed by atoms with Crippen LogP contribution in [0.1, 0.15) is 29.2 Å². The zero-order valence-electron chi connectivity index (χ0n) is 35.3. The standard InChI is InChI=1S/C48H42N4O14/c1-5-41(53)60-35-18-22-37(23-19-35)62-45(56)49-26-31-10-14-33(15-11-31)28-51-47(58)65-40-9-7-8-39(64-44(55)30(3)4)43(40)66-48(59)52-29-34-16-12-32(13-17-34)27-50-46(57)63-38-24-20-36(21-25-38)61-42(54)6-2/h5-25H,1-3,26-29H2,4H3,(H,49,56)(H,50,57)(H,51,58)(H,52,59). The Morgan fingerprint density at radius 1 is 0.424 bits per heavy atom. The first kappa shape index (κ1) is 47.9. The summed E-state index contributed by atoms with van der Waals surface area (Å²) in [6.07, 6.45) is -1.27. The van der Waals surface area contributed by atoms with Crippen LogP contribution in [-0.2, 0) is 40.6 Å². The van der Waals surface area contributed by atoms with Crippen LogP contribution in [0, 0.1) is 0 Å². The molecule has 0 saturated carbocycles. The van der Waals surface area contributed by atoms with E-state index in [-0.39, 0.29) is 72.0 Å². The van der Waals surface area contributed by atoms with Crippen molar-refractivity contribution < 1.29 is 66.7 Å². The van der Waals surface area contributed by atoms with Gasteiger partial charge in [0.05, 0.1) is 0 Å². The second kappa shape index (κ2) is 23.9. The Morgan fingerprint density at radius 3 is 1.06 bits per heavy atom. The second-order valence-electron chi connectivity index (χ2n) is 13.6. The van der Waals surface area contributed by atoms with E-state index in [0.717, 1.165) is 23.3 Å². The van der Waals surface area contributed by atoms with Crippen LogP contribution < -0.4 is 54.4 Å². The molecule has 0 aromatic heterocycles. The number of amides is 4. The molecule has 5 aromatic rings. The summed E-state index contributed by atoms with van der Waals surface area (Å²) in [7, 11) is 0. The Hall–Kier alpha value is -9.19. The minimum atomic E-state index is -0.968. The molecule has 66 heavy (non-hydrogen) atoms. The average Bonchev–Trinajstić information content (AvgIpc) is 3.31. The molecule has 0 spiro atoms. The van der Waals surface area contributed by atoms with Crippen LogP contribution in [0.3, 0.4) is 0 Å². The third kappa shape index (κ3) is 15.6. The Kier molecular flexibility index (Phi) is 17.3. The van der Waals surface area contributed by atoms with Crippen LogP contribution in [0.2, 0.25) is 0 Å². The van der Waals surface area contributed by atoms with E-state index in [9.17, 15) is 33.6 Å². The lowest BCUT2D eigenvalue weighted by molar-refractivity contribution is -0.130. The Labute approximate surface area is 377 Å². The zero-order valence-corrected chi connectivity index (χ0v) is 35.3. The molecule has 5 aromatic carbocycles. The van der Waals surface area contributed by atoms with Crippen molar-refractivity contribution >= 4 is 42.3 Å². The number of para-hydroxylation sites is 1. The van der Waals surface area contributed by atoms with Crippen LogP contribution in [0.4, 0.5) is 19.2 Å². The number of benzene rings is 5. The smallest absolute Gasteiger partial charge is 0.413 e. The zero-order chi connectivity index (χ0) is 47.4. The van der Waals surface area contributed by atoms with Crippen LogP contribution >= 0.6 is 0 Å².